The summed E-state index contributed by atoms with van der Waals surface area (Å²) in [5, 5.41) is 10.0. The normalized spacial score (nSPS) is 16.9. The molecule has 1 aliphatic carbocycles. The molecule has 0 radical (unpaired) electrons. The summed E-state index contributed by atoms with van der Waals surface area (Å²) in [6.07, 6.45) is 5.56. The molecule has 3 N–H and O–H groups in total. The summed E-state index contributed by atoms with van der Waals surface area (Å²) in [5.41, 5.74) is 10.9. The van der Waals surface area contributed by atoms with Crippen molar-refractivity contribution < 1.29 is 5.11 Å². The van der Waals surface area contributed by atoms with Crippen LogP contribution >= 0.6 is 0 Å². The Bertz CT molecular complexity index is 396. The molecule has 2 nitrogen and oxygen atoms in total. The van der Waals surface area contributed by atoms with Gasteiger partial charge in [0.1, 0.15) is 5.75 Å². The number of aryl methyl sites for hydroxylation is 1. The summed E-state index contributed by atoms with van der Waals surface area (Å²) >= 11 is 0. The van der Waals surface area contributed by atoms with Gasteiger partial charge in [-0.2, -0.15) is 0 Å². The minimum absolute atomic E-state index is 0.103. The van der Waals surface area contributed by atoms with Gasteiger partial charge in [-0.15, -0.1) is 0 Å². The van der Waals surface area contributed by atoms with E-state index in [4.69, 9.17) is 5.73 Å². The topological polar surface area (TPSA) is 46.2 Å². The summed E-state index contributed by atoms with van der Waals surface area (Å²) in [6.45, 7) is 4.11. The lowest BCUT2D eigenvalue weighted by molar-refractivity contribution is 0.462. The Hall–Kier alpha value is -1.02. The summed E-state index contributed by atoms with van der Waals surface area (Å²) in [6, 6.07) is 2.06. The molecule has 1 aromatic carbocycles. The number of phenols is 1. The number of hydrogen-bond donors (Lipinski definition) is 2. The molecule has 1 aliphatic rings. The smallest absolute Gasteiger partial charge is 0.119 e. The van der Waals surface area contributed by atoms with Gasteiger partial charge in [0, 0.05) is 6.04 Å². The lowest BCUT2D eigenvalue weighted by atomic mass is 9.85. The fraction of sp³-hybridized carbons (Fsp3) is 0.571. The first kappa shape index (κ1) is 11.5. The van der Waals surface area contributed by atoms with Crippen molar-refractivity contribution >= 4 is 0 Å². The zero-order valence-corrected chi connectivity index (χ0v) is 10.2. The Morgan fingerprint density at radius 1 is 1.38 bits per heavy atom. The molecule has 2 rings (SSSR count). The van der Waals surface area contributed by atoms with E-state index in [0.29, 0.717) is 5.75 Å². The SMILES string of the molecule is Cc1c(CC(C)N)c(O)cc2c1CCCC2. The number of benzene rings is 1. The third kappa shape index (κ3) is 2.07. The standard InChI is InChI=1S/C14H21NO/c1-9(15)7-13-10(2)12-6-4-3-5-11(12)8-14(13)16/h8-9,16H,3-7,15H2,1-2H3. The summed E-state index contributed by atoms with van der Waals surface area (Å²) in [5.74, 6) is 0.440. The van der Waals surface area contributed by atoms with Gasteiger partial charge in [0.05, 0.1) is 0 Å². The third-order valence-electron chi connectivity index (χ3n) is 3.56. The Labute approximate surface area is 97.5 Å². The molecule has 16 heavy (non-hydrogen) atoms. The molecular weight excluding hydrogens is 198 g/mol. The van der Waals surface area contributed by atoms with Crippen molar-refractivity contribution in [3.05, 3.63) is 28.3 Å². The Morgan fingerprint density at radius 3 is 2.75 bits per heavy atom. The molecule has 0 fully saturated rings. The van der Waals surface area contributed by atoms with Crippen LogP contribution in [0.4, 0.5) is 0 Å². The van der Waals surface area contributed by atoms with Gasteiger partial charge in [0.25, 0.3) is 0 Å². The number of phenolic OH excluding ortho intramolecular Hbond substituents is 1. The van der Waals surface area contributed by atoms with Gasteiger partial charge >= 0.3 is 0 Å². The van der Waals surface area contributed by atoms with Crippen molar-refractivity contribution in [1.82, 2.24) is 0 Å². The van der Waals surface area contributed by atoms with Crippen LogP contribution in [0.5, 0.6) is 5.75 Å². The molecule has 0 saturated carbocycles. The summed E-state index contributed by atoms with van der Waals surface area (Å²) < 4.78 is 0. The predicted molar refractivity (Wildman–Crippen MR) is 66.8 cm³/mol. The van der Waals surface area contributed by atoms with Crippen molar-refractivity contribution in [3.63, 3.8) is 0 Å². The monoisotopic (exact) mass is 219 g/mol. The first-order chi connectivity index (χ1) is 7.59. The van der Waals surface area contributed by atoms with Crippen LogP contribution in [0.25, 0.3) is 0 Å². The van der Waals surface area contributed by atoms with E-state index < -0.39 is 0 Å². The number of fused-ring (bicyclic) bond motifs is 1. The van der Waals surface area contributed by atoms with Gasteiger partial charge in [-0.25, -0.2) is 0 Å². The quantitative estimate of drug-likeness (QED) is 0.802. The van der Waals surface area contributed by atoms with E-state index in [0.717, 1.165) is 24.8 Å². The van der Waals surface area contributed by atoms with Crippen LogP contribution in [0, 0.1) is 6.92 Å². The van der Waals surface area contributed by atoms with Crippen molar-refractivity contribution in [2.75, 3.05) is 0 Å². The molecule has 0 bridgehead atoms. The van der Waals surface area contributed by atoms with Crippen molar-refractivity contribution in [2.45, 2.75) is 52.0 Å². The largest absolute Gasteiger partial charge is 0.508 e. The highest BCUT2D eigenvalue weighted by atomic mass is 16.3. The molecule has 1 atom stereocenters. The number of nitrogens with two attached hydrogens (primary N) is 1. The van der Waals surface area contributed by atoms with Crippen molar-refractivity contribution in [3.8, 4) is 5.75 Å². The van der Waals surface area contributed by atoms with Crippen LogP contribution in [0.15, 0.2) is 6.07 Å². The molecule has 2 heteroatoms. The molecule has 0 saturated heterocycles. The van der Waals surface area contributed by atoms with Crippen LogP contribution in [0.3, 0.4) is 0 Å². The van der Waals surface area contributed by atoms with Crippen LogP contribution < -0.4 is 5.73 Å². The van der Waals surface area contributed by atoms with E-state index >= 15 is 0 Å². The van der Waals surface area contributed by atoms with E-state index in [1.54, 1.807) is 0 Å². The van der Waals surface area contributed by atoms with Gasteiger partial charge < -0.3 is 10.8 Å². The number of hydrogen-bond acceptors (Lipinski definition) is 2. The van der Waals surface area contributed by atoms with E-state index in [1.807, 2.05) is 13.0 Å². The van der Waals surface area contributed by atoms with E-state index in [-0.39, 0.29) is 6.04 Å². The minimum atomic E-state index is 0.103. The van der Waals surface area contributed by atoms with Gasteiger partial charge in [0.15, 0.2) is 0 Å². The highest BCUT2D eigenvalue weighted by Crippen LogP contribution is 2.33. The Morgan fingerprint density at radius 2 is 2.06 bits per heavy atom. The average molecular weight is 219 g/mol. The molecular formula is C14H21NO. The lowest BCUT2D eigenvalue weighted by Gasteiger charge is -2.22. The van der Waals surface area contributed by atoms with Gasteiger partial charge in [-0.1, -0.05) is 0 Å². The van der Waals surface area contributed by atoms with Crippen LogP contribution in [0.2, 0.25) is 0 Å². The molecule has 0 spiro atoms. The van der Waals surface area contributed by atoms with Crippen molar-refractivity contribution in [1.29, 1.82) is 0 Å². The summed E-state index contributed by atoms with van der Waals surface area (Å²) in [7, 11) is 0. The average Bonchev–Trinajstić information content (AvgIpc) is 2.24. The van der Waals surface area contributed by atoms with Crippen LogP contribution in [0.1, 0.15) is 42.0 Å². The first-order valence-electron chi connectivity index (χ1n) is 6.18. The molecule has 1 unspecified atom stereocenters. The number of aromatic hydroxyl groups is 1. The van der Waals surface area contributed by atoms with Crippen LogP contribution in [-0.4, -0.2) is 11.1 Å². The Balaban J connectivity index is 2.45. The maximum atomic E-state index is 10.0. The van der Waals surface area contributed by atoms with E-state index in [2.05, 4.69) is 6.92 Å². The lowest BCUT2D eigenvalue weighted by Crippen LogP contribution is -2.19. The van der Waals surface area contributed by atoms with E-state index in [9.17, 15) is 5.11 Å². The highest BCUT2D eigenvalue weighted by Gasteiger charge is 2.17. The highest BCUT2D eigenvalue weighted by molar-refractivity contribution is 5.49. The molecule has 1 aromatic rings. The van der Waals surface area contributed by atoms with Gasteiger partial charge in [0.2, 0.25) is 0 Å². The zero-order chi connectivity index (χ0) is 11.7. The minimum Gasteiger partial charge on any atom is -0.508 e. The van der Waals surface area contributed by atoms with Crippen molar-refractivity contribution in [2.24, 2.45) is 5.73 Å². The molecule has 0 amide bonds. The molecule has 0 heterocycles. The third-order valence-corrected chi connectivity index (χ3v) is 3.56. The molecule has 0 aromatic heterocycles. The van der Waals surface area contributed by atoms with Gasteiger partial charge in [-0.3, -0.25) is 0 Å². The second kappa shape index (κ2) is 4.46. The van der Waals surface area contributed by atoms with E-state index in [1.165, 1.54) is 29.5 Å². The maximum absolute atomic E-state index is 10.0. The molecule has 0 aliphatic heterocycles. The zero-order valence-electron chi connectivity index (χ0n) is 10.2. The first-order valence-corrected chi connectivity index (χ1v) is 6.18. The summed E-state index contributed by atoms with van der Waals surface area (Å²) in [4.78, 5) is 0. The second-order valence-corrected chi connectivity index (χ2v) is 5.03. The van der Waals surface area contributed by atoms with Crippen LogP contribution in [-0.2, 0) is 19.3 Å². The fourth-order valence-electron chi connectivity index (χ4n) is 2.72. The number of rotatable bonds is 2. The second-order valence-electron chi connectivity index (χ2n) is 5.03. The molecule has 88 valence electrons. The Kier molecular flexibility index (Phi) is 3.20. The predicted octanol–water partition coefficient (Wildman–Crippen LogP) is 2.47. The fourth-order valence-corrected chi connectivity index (χ4v) is 2.72. The van der Waals surface area contributed by atoms with Gasteiger partial charge in [-0.05, 0) is 74.3 Å². The maximum Gasteiger partial charge on any atom is 0.119 e.